The van der Waals surface area contributed by atoms with Gasteiger partial charge in [0.2, 0.25) is 5.91 Å². The number of aldehydes is 1. The lowest BCUT2D eigenvalue weighted by Crippen LogP contribution is -2.36. The second-order valence-electron chi connectivity index (χ2n) is 6.23. The van der Waals surface area contributed by atoms with E-state index in [0.29, 0.717) is 24.6 Å². The predicted molar refractivity (Wildman–Crippen MR) is 91.5 cm³/mol. The topological polar surface area (TPSA) is 87.3 Å². The van der Waals surface area contributed by atoms with Gasteiger partial charge in [-0.2, -0.15) is 11.8 Å². The minimum atomic E-state index is -0.0437. The predicted octanol–water partition coefficient (Wildman–Crippen LogP) is 1.59. The third kappa shape index (κ3) is 6.05. The second kappa shape index (κ2) is 9.80. The summed E-state index contributed by atoms with van der Waals surface area (Å²) in [5.41, 5.74) is 0. The zero-order chi connectivity index (χ0) is 16.5. The van der Waals surface area contributed by atoms with E-state index in [-0.39, 0.29) is 24.0 Å². The van der Waals surface area contributed by atoms with Gasteiger partial charge < -0.3 is 20.7 Å². The molecule has 3 atom stereocenters. The number of nitrogens with one attached hydrogen (secondary N) is 3. The van der Waals surface area contributed by atoms with E-state index < -0.39 is 0 Å². The standard InChI is InChI=1S/C16H27N3O3S/c20-10-6-2-1-5-9-17-14(21)8-4-3-7-13-15-12(11-23-13)18-16(22)19-15/h10,12-13,15H,1-9,11H2,(H,17,21)(H2,18,19,22)/t12?,13-,15?/m0/s1. The van der Waals surface area contributed by atoms with Gasteiger partial charge in [-0.05, 0) is 25.7 Å². The highest BCUT2D eigenvalue weighted by molar-refractivity contribution is 8.00. The van der Waals surface area contributed by atoms with Crippen molar-refractivity contribution in [1.82, 2.24) is 16.0 Å². The van der Waals surface area contributed by atoms with Crippen LogP contribution in [0.5, 0.6) is 0 Å². The average Bonchev–Trinajstić information content (AvgIpc) is 3.07. The molecule has 2 aliphatic heterocycles. The zero-order valence-electron chi connectivity index (χ0n) is 13.5. The molecule has 2 aliphatic rings. The molecule has 0 bridgehead atoms. The van der Waals surface area contributed by atoms with Crippen molar-refractivity contribution in [2.45, 2.75) is 68.7 Å². The molecule has 130 valence electrons. The molecule has 2 unspecified atom stereocenters. The molecule has 0 spiro atoms. The van der Waals surface area contributed by atoms with Crippen LogP contribution in [0, 0.1) is 0 Å². The van der Waals surface area contributed by atoms with Crippen molar-refractivity contribution in [3.05, 3.63) is 0 Å². The highest BCUT2D eigenvalue weighted by atomic mass is 32.2. The van der Waals surface area contributed by atoms with Crippen molar-refractivity contribution in [3.8, 4) is 0 Å². The van der Waals surface area contributed by atoms with Gasteiger partial charge in [0.1, 0.15) is 6.29 Å². The first-order valence-electron chi connectivity index (χ1n) is 8.59. The molecule has 3 N–H and O–H groups in total. The Morgan fingerprint density at radius 3 is 2.91 bits per heavy atom. The van der Waals surface area contributed by atoms with Crippen molar-refractivity contribution in [1.29, 1.82) is 0 Å². The Labute approximate surface area is 141 Å². The molecule has 0 aromatic heterocycles. The maximum Gasteiger partial charge on any atom is 0.315 e. The number of hydrogen-bond donors (Lipinski definition) is 3. The van der Waals surface area contributed by atoms with Gasteiger partial charge in [-0.1, -0.05) is 12.8 Å². The number of fused-ring (bicyclic) bond motifs is 1. The highest BCUT2D eigenvalue weighted by Crippen LogP contribution is 2.33. The molecule has 0 saturated carbocycles. The number of hydrogen-bond acceptors (Lipinski definition) is 4. The molecule has 3 amide bonds. The number of amides is 3. The van der Waals surface area contributed by atoms with E-state index in [0.717, 1.165) is 50.6 Å². The summed E-state index contributed by atoms with van der Waals surface area (Å²) in [6.07, 6.45) is 7.93. The molecule has 23 heavy (non-hydrogen) atoms. The van der Waals surface area contributed by atoms with E-state index in [2.05, 4.69) is 16.0 Å². The van der Waals surface area contributed by atoms with E-state index in [9.17, 15) is 14.4 Å². The highest BCUT2D eigenvalue weighted by Gasteiger charge is 2.42. The first-order valence-corrected chi connectivity index (χ1v) is 9.64. The third-order valence-electron chi connectivity index (χ3n) is 4.40. The second-order valence-corrected chi connectivity index (χ2v) is 7.51. The quantitative estimate of drug-likeness (QED) is 0.302. The lowest BCUT2D eigenvalue weighted by atomic mass is 10.0. The minimum Gasteiger partial charge on any atom is -0.356 e. The fourth-order valence-corrected chi connectivity index (χ4v) is 4.66. The van der Waals surface area contributed by atoms with Crippen LogP contribution in [0.15, 0.2) is 0 Å². The summed E-state index contributed by atoms with van der Waals surface area (Å²) in [5, 5.41) is 9.34. The van der Waals surface area contributed by atoms with Gasteiger partial charge in [0.15, 0.2) is 0 Å². The Hall–Kier alpha value is -1.24. The molecule has 0 aromatic rings. The van der Waals surface area contributed by atoms with Crippen LogP contribution in [-0.4, -0.2) is 47.9 Å². The van der Waals surface area contributed by atoms with E-state index in [4.69, 9.17) is 0 Å². The van der Waals surface area contributed by atoms with E-state index in [1.807, 2.05) is 11.8 Å². The normalized spacial score (nSPS) is 25.6. The fourth-order valence-electron chi connectivity index (χ4n) is 3.12. The van der Waals surface area contributed by atoms with Crippen molar-refractivity contribution in [2.24, 2.45) is 0 Å². The Kier molecular flexibility index (Phi) is 7.71. The molecular formula is C16H27N3O3S. The summed E-state index contributed by atoms with van der Waals surface area (Å²) < 4.78 is 0. The van der Waals surface area contributed by atoms with Crippen LogP contribution in [0.4, 0.5) is 4.79 Å². The number of carbonyl (C=O) groups is 3. The van der Waals surface area contributed by atoms with Crippen LogP contribution in [0.3, 0.4) is 0 Å². The Balaban J connectivity index is 1.46. The van der Waals surface area contributed by atoms with Crippen molar-refractivity contribution < 1.29 is 14.4 Å². The number of rotatable bonds is 11. The average molecular weight is 341 g/mol. The molecule has 7 heteroatoms. The van der Waals surface area contributed by atoms with Gasteiger partial charge in [0, 0.05) is 30.4 Å². The molecule has 0 radical (unpaired) electrons. The maximum atomic E-state index is 11.7. The zero-order valence-corrected chi connectivity index (χ0v) is 14.3. The van der Waals surface area contributed by atoms with Crippen molar-refractivity contribution in [3.63, 3.8) is 0 Å². The number of unbranched alkanes of at least 4 members (excludes halogenated alkanes) is 4. The summed E-state index contributed by atoms with van der Waals surface area (Å²) in [4.78, 5) is 33.2. The minimum absolute atomic E-state index is 0.0437. The number of carbonyl (C=O) groups excluding carboxylic acids is 3. The molecule has 2 fully saturated rings. The van der Waals surface area contributed by atoms with Crippen LogP contribution < -0.4 is 16.0 Å². The SMILES string of the molecule is O=CCCCCCNC(=O)CCCC[C@@H]1SCC2NC(=O)NC21. The summed E-state index contributed by atoms with van der Waals surface area (Å²) in [7, 11) is 0. The number of thioether (sulfide) groups is 1. The fraction of sp³-hybridized carbons (Fsp3) is 0.812. The van der Waals surface area contributed by atoms with Crippen LogP contribution in [0.1, 0.15) is 51.4 Å². The summed E-state index contributed by atoms with van der Waals surface area (Å²) >= 11 is 1.92. The first kappa shape index (κ1) is 18.1. The molecule has 2 heterocycles. The molecular weight excluding hydrogens is 314 g/mol. The van der Waals surface area contributed by atoms with Gasteiger partial charge in [-0.3, -0.25) is 4.79 Å². The lowest BCUT2D eigenvalue weighted by Gasteiger charge is -2.16. The van der Waals surface area contributed by atoms with E-state index >= 15 is 0 Å². The third-order valence-corrected chi connectivity index (χ3v) is 5.91. The van der Waals surface area contributed by atoms with Crippen LogP contribution in [0.25, 0.3) is 0 Å². The van der Waals surface area contributed by atoms with Gasteiger partial charge in [0.25, 0.3) is 0 Å². The van der Waals surface area contributed by atoms with Gasteiger partial charge >= 0.3 is 6.03 Å². The monoisotopic (exact) mass is 341 g/mol. The van der Waals surface area contributed by atoms with Gasteiger partial charge in [-0.25, -0.2) is 4.79 Å². The Morgan fingerprint density at radius 1 is 1.22 bits per heavy atom. The van der Waals surface area contributed by atoms with Gasteiger partial charge in [0.05, 0.1) is 12.1 Å². The lowest BCUT2D eigenvalue weighted by molar-refractivity contribution is -0.121. The molecule has 2 rings (SSSR count). The first-order chi connectivity index (χ1) is 11.2. The van der Waals surface area contributed by atoms with Gasteiger partial charge in [-0.15, -0.1) is 0 Å². The van der Waals surface area contributed by atoms with Crippen molar-refractivity contribution in [2.75, 3.05) is 12.3 Å². The van der Waals surface area contributed by atoms with E-state index in [1.165, 1.54) is 0 Å². The largest absolute Gasteiger partial charge is 0.356 e. The Morgan fingerprint density at radius 2 is 2.09 bits per heavy atom. The number of urea groups is 1. The molecule has 0 aliphatic carbocycles. The molecule has 2 saturated heterocycles. The summed E-state index contributed by atoms with van der Waals surface area (Å²) in [5.74, 6) is 1.10. The van der Waals surface area contributed by atoms with Crippen molar-refractivity contribution >= 4 is 30.0 Å². The smallest absolute Gasteiger partial charge is 0.315 e. The Bertz CT molecular complexity index is 419. The summed E-state index contributed by atoms with van der Waals surface area (Å²) in [6.45, 7) is 0.706. The molecule has 6 nitrogen and oxygen atoms in total. The van der Waals surface area contributed by atoms with Crippen LogP contribution >= 0.6 is 11.8 Å². The summed E-state index contributed by atoms with van der Waals surface area (Å²) in [6, 6.07) is 0.491. The van der Waals surface area contributed by atoms with Crippen LogP contribution in [0.2, 0.25) is 0 Å². The molecule has 0 aromatic carbocycles. The van der Waals surface area contributed by atoms with Crippen LogP contribution in [-0.2, 0) is 9.59 Å². The van der Waals surface area contributed by atoms with E-state index in [1.54, 1.807) is 0 Å². The maximum absolute atomic E-state index is 11.7.